The van der Waals surface area contributed by atoms with Crippen molar-refractivity contribution in [3.8, 4) is 0 Å². The van der Waals surface area contributed by atoms with Crippen LogP contribution < -0.4 is 10.9 Å². The summed E-state index contributed by atoms with van der Waals surface area (Å²) in [6.45, 7) is 6.11. The fourth-order valence-electron chi connectivity index (χ4n) is 2.35. The van der Waals surface area contributed by atoms with Crippen LogP contribution in [0.4, 0.5) is 0 Å². The monoisotopic (exact) mass is 317 g/mol. The molecular weight excluding hydrogens is 294 g/mol. The number of nitrogens with zero attached hydrogens (tertiary/aromatic N) is 2. The highest BCUT2D eigenvalue weighted by atomic mass is 16.5. The van der Waals surface area contributed by atoms with E-state index >= 15 is 0 Å². The third kappa shape index (κ3) is 4.63. The number of benzene rings is 1. The Labute approximate surface area is 135 Å². The molecule has 0 saturated heterocycles. The van der Waals surface area contributed by atoms with Gasteiger partial charge >= 0.3 is 0 Å². The first kappa shape index (κ1) is 17.1. The van der Waals surface area contributed by atoms with Crippen LogP contribution in [0.1, 0.15) is 25.3 Å². The predicted molar refractivity (Wildman–Crippen MR) is 89.5 cm³/mol. The van der Waals surface area contributed by atoms with E-state index in [2.05, 4.69) is 10.3 Å². The molecular formula is C17H23N3O3. The van der Waals surface area contributed by atoms with Gasteiger partial charge in [-0.1, -0.05) is 12.1 Å². The number of aromatic nitrogens is 2. The fourth-order valence-corrected chi connectivity index (χ4v) is 2.35. The molecule has 2 aromatic rings. The summed E-state index contributed by atoms with van der Waals surface area (Å²) in [5.41, 5.74) is 1.58. The van der Waals surface area contributed by atoms with Gasteiger partial charge in [-0.15, -0.1) is 0 Å². The minimum absolute atomic E-state index is 0.0715. The highest BCUT2D eigenvalue weighted by Gasteiger charge is 2.07. The van der Waals surface area contributed by atoms with E-state index in [0.29, 0.717) is 37.2 Å². The van der Waals surface area contributed by atoms with E-state index in [0.717, 1.165) is 12.0 Å². The van der Waals surface area contributed by atoms with E-state index in [-0.39, 0.29) is 17.9 Å². The second-order valence-electron chi connectivity index (χ2n) is 5.36. The zero-order valence-corrected chi connectivity index (χ0v) is 13.7. The van der Waals surface area contributed by atoms with Crippen molar-refractivity contribution in [1.82, 2.24) is 14.9 Å². The first-order valence-electron chi connectivity index (χ1n) is 7.92. The van der Waals surface area contributed by atoms with Gasteiger partial charge in [-0.05, 0) is 31.9 Å². The van der Waals surface area contributed by atoms with Crippen LogP contribution in [0.15, 0.2) is 29.3 Å². The van der Waals surface area contributed by atoms with Crippen LogP contribution in [0, 0.1) is 6.92 Å². The Kier molecular flexibility index (Phi) is 6.29. The number of hydrogen-bond donors (Lipinski definition) is 1. The minimum atomic E-state index is -0.108. The smallest absolute Gasteiger partial charge is 0.261 e. The molecule has 1 aromatic heterocycles. The number of amides is 1. The lowest BCUT2D eigenvalue weighted by Crippen LogP contribution is -2.28. The molecule has 23 heavy (non-hydrogen) atoms. The van der Waals surface area contributed by atoms with Gasteiger partial charge in [0, 0.05) is 32.7 Å². The van der Waals surface area contributed by atoms with Crippen molar-refractivity contribution in [2.45, 2.75) is 33.2 Å². The molecule has 0 fully saturated rings. The topological polar surface area (TPSA) is 73.2 Å². The lowest BCUT2D eigenvalue weighted by molar-refractivity contribution is -0.121. The summed E-state index contributed by atoms with van der Waals surface area (Å²) in [4.78, 5) is 28.5. The summed E-state index contributed by atoms with van der Waals surface area (Å²) in [7, 11) is 0. The number of carbonyl (C=O) groups is 1. The minimum Gasteiger partial charge on any atom is -0.382 e. The molecule has 1 aromatic carbocycles. The maximum Gasteiger partial charge on any atom is 0.261 e. The van der Waals surface area contributed by atoms with Gasteiger partial charge < -0.3 is 10.1 Å². The summed E-state index contributed by atoms with van der Waals surface area (Å²) in [6.07, 6.45) is 2.56. The normalized spacial score (nSPS) is 10.9. The molecule has 2 rings (SSSR count). The van der Waals surface area contributed by atoms with Crippen LogP contribution in [0.3, 0.4) is 0 Å². The third-order valence-corrected chi connectivity index (χ3v) is 3.63. The second kappa shape index (κ2) is 8.43. The molecule has 1 N–H and O–H groups in total. The SMILES string of the molecule is CCOCCCNC(=O)CCn1cnc2c(C)cccc2c1=O. The number of para-hydroxylation sites is 1. The number of nitrogens with one attached hydrogen (secondary N) is 1. The predicted octanol–water partition coefficient (Wildman–Crippen LogP) is 1.64. The van der Waals surface area contributed by atoms with Crippen molar-refractivity contribution in [2.24, 2.45) is 0 Å². The number of fused-ring (bicyclic) bond motifs is 1. The molecule has 0 radical (unpaired) electrons. The Morgan fingerprint density at radius 3 is 3.00 bits per heavy atom. The van der Waals surface area contributed by atoms with Gasteiger partial charge in [0.25, 0.3) is 5.56 Å². The van der Waals surface area contributed by atoms with E-state index in [9.17, 15) is 9.59 Å². The molecule has 6 heteroatoms. The van der Waals surface area contributed by atoms with Crippen molar-refractivity contribution in [1.29, 1.82) is 0 Å². The van der Waals surface area contributed by atoms with Crippen LogP contribution in [0.5, 0.6) is 0 Å². The van der Waals surface area contributed by atoms with Gasteiger partial charge in [-0.2, -0.15) is 0 Å². The van der Waals surface area contributed by atoms with Gasteiger partial charge in [0.2, 0.25) is 5.91 Å². The first-order valence-corrected chi connectivity index (χ1v) is 7.92. The molecule has 0 aliphatic carbocycles. The Balaban J connectivity index is 1.91. The summed E-state index contributed by atoms with van der Waals surface area (Å²) >= 11 is 0. The van der Waals surface area contributed by atoms with Crippen molar-refractivity contribution < 1.29 is 9.53 Å². The van der Waals surface area contributed by atoms with Crippen LogP contribution in [-0.2, 0) is 16.1 Å². The molecule has 6 nitrogen and oxygen atoms in total. The molecule has 0 saturated carbocycles. The maximum atomic E-state index is 12.4. The zero-order chi connectivity index (χ0) is 16.7. The third-order valence-electron chi connectivity index (χ3n) is 3.63. The lowest BCUT2D eigenvalue weighted by Gasteiger charge is -2.08. The van der Waals surface area contributed by atoms with E-state index in [4.69, 9.17) is 4.74 Å². The summed E-state index contributed by atoms with van der Waals surface area (Å²) < 4.78 is 6.69. The number of carbonyl (C=O) groups excluding carboxylic acids is 1. The number of ether oxygens (including phenoxy) is 1. The molecule has 0 bridgehead atoms. The molecule has 0 spiro atoms. The Bertz CT molecular complexity index is 725. The average Bonchev–Trinajstić information content (AvgIpc) is 2.55. The van der Waals surface area contributed by atoms with Crippen molar-refractivity contribution in [2.75, 3.05) is 19.8 Å². The molecule has 1 amide bonds. The largest absolute Gasteiger partial charge is 0.382 e. The molecule has 0 atom stereocenters. The molecule has 0 aliphatic heterocycles. The summed E-state index contributed by atoms with van der Waals surface area (Å²) in [5.74, 6) is -0.0715. The van der Waals surface area contributed by atoms with E-state index < -0.39 is 0 Å². The van der Waals surface area contributed by atoms with Crippen molar-refractivity contribution in [3.63, 3.8) is 0 Å². The maximum absolute atomic E-state index is 12.4. The zero-order valence-electron chi connectivity index (χ0n) is 13.7. The van der Waals surface area contributed by atoms with Gasteiger partial charge in [0.15, 0.2) is 0 Å². The summed E-state index contributed by atoms with van der Waals surface area (Å²) in [6, 6.07) is 5.53. The van der Waals surface area contributed by atoms with Crippen LogP contribution in [0.2, 0.25) is 0 Å². The van der Waals surface area contributed by atoms with E-state index in [1.807, 2.05) is 26.0 Å². The lowest BCUT2D eigenvalue weighted by atomic mass is 10.1. The van der Waals surface area contributed by atoms with Gasteiger partial charge in [0.05, 0.1) is 17.2 Å². The Morgan fingerprint density at radius 2 is 2.22 bits per heavy atom. The highest BCUT2D eigenvalue weighted by molar-refractivity contribution is 5.80. The number of hydrogen-bond acceptors (Lipinski definition) is 4. The standard InChI is InChI=1S/C17H23N3O3/c1-3-23-11-5-9-18-15(21)8-10-20-12-19-16-13(2)6-4-7-14(16)17(20)22/h4,6-7,12H,3,5,8-11H2,1-2H3,(H,18,21). The van der Waals surface area contributed by atoms with E-state index in [1.165, 1.54) is 10.9 Å². The molecule has 0 unspecified atom stereocenters. The first-order chi connectivity index (χ1) is 11.1. The molecule has 124 valence electrons. The van der Waals surface area contributed by atoms with Crippen LogP contribution >= 0.6 is 0 Å². The van der Waals surface area contributed by atoms with Crippen LogP contribution in [-0.4, -0.2) is 35.2 Å². The number of rotatable bonds is 8. The van der Waals surface area contributed by atoms with Gasteiger partial charge in [-0.3, -0.25) is 14.2 Å². The second-order valence-corrected chi connectivity index (χ2v) is 5.36. The fraction of sp³-hybridized carbons (Fsp3) is 0.471. The van der Waals surface area contributed by atoms with Crippen molar-refractivity contribution in [3.05, 3.63) is 40.4 Å². The van der Waals surface area contributed by atoms with Crippen LogP contribution in [0.25, 0.3) is 10.9 Å². The van der Waals surface area contributed by atoms with Gasteiger partial charge in [0.1, 0.15) is 0 Å². The highest BCUT2D eigenvalue weighted by Crippen LogP contribution is 2.11. The Morgan fingerprint density at radius 1 is 1.39 bits per heavy atom. The average molecular weight is 317 g/mol. The quantitative estimate of drug-likeness (QED) is 0.751. The van der Waals surface area contributed by atoms with Crippen molar-refractivity contribution >= 4 is 16.8 Å². The molecule has 1 heterocycles. The van der Waals surface area contributed by atoms with E-state index in [1.54, 1.807) is 6.07 Å². The summed E-state index contributed by atoms with van der Waals surface area (Å²) in [5, 5.41) is 3.41. The molecule has 0 aliphatic rings. The van der Waals surface area contributed by atoms with Gasteiger partial charge in [-0.25, -0.2) is 4.98 Å². The number of aryl methyl sites for hydroxylation is 2. The Hall–Kier alpha value is -2.21.